The highest BCUT2D eigenvalue weighted by atomic mass is 32.1. The van der Waals surface area contributed by atoms with Gasteiger partial charge in [-0.3, -0.25) is 9.59 Å². The number of nitrogens with two attached hydrogens (primary N) is 1. The van der Waals surface area contributed by atoms with Gasteiger partial charge in [0.2, 0.25) is 5.91 Å². The Balaban J connectivity index is 1.74. The predicted molar refractivity (Wildman–Crippen MR) is 102 cm³/mol. The summed E-state index contributed by atoms with van der Waals surface area (Å²) in [6.07, 6.45) is -0.453. The molecule has 150 valence electrons. The topological polar surface area (TPSA) is 117 Å². The third-order valence-corrected chi connectivity index (χ3v) is 5.86. The molecule has 2 atom stereocenters. The number of halogens is 1. The van der Waals surface area contributed by atoms with Crippen molar-refractivity contribution >= 4 is 28.3 Å². The van der Waals surface area contributed by atoms with Crippen LogP contribution in [0.15, 0.2) is 29.6 Å². The number of aryl methyl sites for hydroxylation is 1. The van der Waals surface area contributed by atoms with Crippen molar-refractivity contribution in [3.63, 3.8) is 0 Å². The zero-order valence-corrected chi connectivity index (χ0v) is 16.0. The first kappa shape index (κ1) is 20.2. The van der Waals surface area contributed by atoms with Crippen molar-refractivity contribution in [2.75, 3.05) is 18.8 Å². The van der Waals surface area contributed by atoms with E-state index in [2.05, 4.69) is 4.98 Å². The lowest BCUT2D eigenvalue weighted by Crippen LogP contribution is -2.58. The standard InChI is InChI=1S/C19H22FN3O4S/c20-13-3-1-2-12(8-13)9-19(17(26)27)11-23(7-6-15(19)24)16(25)5-4-14-10-28-18(21)22-14/h1-3,8,10,15,24H,4-7,9,11H2,(H2,21,22)(H,26,27)/t15-,19-/m1/s1. The van der Waals surface area contributed by atoms with Crippen LogP contribution in [-0.2, 0) is 22.4 Å². The number of hydrogen-bond donors (Lipinski definition) is 3. The van der Waals surface area contributed by atoms with Gasteiger partial charge in [-0.2, -0.15) is 0 Å². The van der Waals surface area contributed by atoms with Crippen LogP contribution in [0.2, 0.25) is 0 Å². The SMILES string of the molecule is Nc1nc(CCC(=O)N2CC[C@@H](O)[C@](Cc3cccc(F)c3)(C(=O)O)C2)cs1. The summed E-state index contributed by atoms with van der Waals surface area (Å²) in [4.78, 5) is 30.3. The number of benzene rings is 1. The molecule has 1 fully saturated rings. The largest absolute Gasteiger partial charge is 0.481 e. The Morgan fingerprint density at radius 3 is 2.86 bits per heavy atom. The molecule has 2 heterocycles. The Morgan fingerprint density at radius 1 is 1.43 bits per heavy atom. The molecule has 0 aliphatic carbocycles. The lowest BCUT2D eigenvalue weighted by Gasteiger charge is -2.43. The third-order valence-electron chi connectivity index (χ3n) is 5.14. The highest BCUT2D eigenvalue weighted by Gasteiger charge is 2.50. The van der Waals surface area contributed by atoms with E-state index in [4.69, 9.17) is 5.73 Å². The quantitative estimate of drug-likeness (QED) is 0.671. The Kier molecular flexibility index (Phi) is 5.95. The molecule has 0 saturated carbocycles. The van der Waals surface area contributed by atoms with Crippen molar-refractivity contribution < 1.29 is 24.2 Å². The van der Waals surface area contributed by atoms with E-state index in [1.54, 1.807) is 11.4 Å². The zero-order chi connectivity index (χ0) is 20.3. The van der Waals surface area contributed by atoms with Crippen LogP contribution in [0.4, 0.5) is 9.52 Å². The molecular weight excluding hydrogens is 385 g/mol. The molecule has 7 nitrogen and oxygen atoms in total. The zero-order valence-electron chi connectivity index (χ0n) is 15.2. The number of carboxylic acids is 1. The van der Waals surface area contributed by atoms with Crippen molar-refractivity contribution in [1.82, 2.24) is 9.88 Å². The molecule has 0 spiro atoms. The summed E-state index contributed by atoms with van der Waals surface area (Å²) in [6, 6.07) is 5.64. The number of aliphatic carboxylic acids is 1. The van der Waals surface area contributed by atoms with Crippen molar-refractivity contribution in [3.8, 4) is 0 Å². The number of nitrogens with zero attached hydrogens (tertiary/aromatic N) is 2. The molecule has 1 aliphatic heterocycles. The number of amides is 1. The molecule has 1 aromatic carbocycles. The third kappa shape index (κ3) is 4.31. The molecule has 0 bridgehead atoms. The van der Waals surface area contributed by atoms with Gasteiger partial charge in [-0.25, -0.2) is 9.37 Å². The summed E-state index contributed by atoms with van der Waals surface area (Å²) >= 11 is 1.30. The Morgan fingerprint density at radius 2 is 2.21 bits per heavy atom. The summed E-state index contributed by atoms with van der Waals surface area (Å²) in [5.41, 5.74) is 5.20. The van der Waals surface area contributed by atoms with Crippen LogP contribution >= 0.6 is 11.3 Å². The number of carboxylic acid groups (broad SMARTS) is 1. The van der Waals surface area contributed by atoms with Gasteiger partial charge in [-0.15, -0.1) is 11.3 Å². The van der Waals surface area contributed by atoms with Gasteiger partial charge in [0.25, 0.3) is 0 Å². The summed E-state index contributed by atoms with van der Waals surface area (Å²) in [5.74, 6) is -1.88. The maximum absolute atomic E-state index is 13.5. The maximum atomic E-state index is 13.5. The normalized spacial score (nSPS) is 22.2. The lowest BCUT2D eigenvalue weighted by atomic mass is 9.72. The van der Waals surface area contributed by atoms with Crippen LogP contribution < -0.4 is 5.73 Å². The molecule has 1 aromatic heterocycles. The van der Waals surface area contributed by atoms with E-state index < -0.39 is 23.3 Å². The number of aliphatic hydroxyl groups is 1. The second-order valence-corrected chi connectivity index (χ2v) is 7.95. The number of carbonyl (C=O) groups excluding carboxylic acids is 1. The fourth-order valence-corrected chi connectivity index (χ4v) is 4.19. The molecule has 9 heteroatoms. The number of thiazole rings is 1. The van der Waals surface area contributed by atoms with E-state index in [0.29, 0.717) is 17.1 Å². The lowest BCUT2D eigenvalue weighted by molar-refractivity contribution is -0.165. The predicted octanol–water partition coefficient (Wildman–Crippen LogP) is 1.70. The van der Waals surface area contributed by atoms with E-state index in [1.807, 2.05) is 0 Å². The number of nitrogen functional groups attached to an aromatic ring is 1. The molecule has 1 amide bonds. The van der Waals surface area contributed by atoms with E-state index in [-0.39, 0.29) is 38.3 Å². The van der Waals surface area contributed by atoms with Crippen LogP contribution in [0, 0.1) is 11.2 Å². The molecule has 1 aliphatic rings. The van der Waals surface area contributed by atoms with Crippen molar-refractivity contribution in [2.24, 2.45) is 5.41 Å². The minimum Gasteiger partial charge on any atom is -0.481 e. The molecule has 0 radical (unpaired) electrons. The van der Waals surface area contributed by atoms with Gasteiger partial charge in [0.15, 0.2) is 5.13 Å². The van der Waals surface area contributed by atoms with Gasteiger partial charge in [0.1, 0.15) is 11.2 Å². The van der Waals surface area contributed by atoms with Crippen molar-refractivity contribution in [3.05, 3.63) is 46.7 Å². The molecule has 1 saturated heterocycles. The summed E-state index contributed by atoms with van der Waals surface area (Å²) in [6.45, 7) is 0.148. The fraction of sp³-hybridized carbons (Fsp3) is 0.421. The number of aromatic nitrogens is 1. The molecule has 2 aromatic rings. The number of hydrogen-bond acceptors (Lipinski definition) is 6. The number of carbonyl (C=O) groups is 2. The van der Waals surface area contributed by atoms with E-state index in [1.165, 1.54) is 34.4 Å². The minimum atomic E-state index is -1.58. The van der Waals surface area contributed by atoms with Gasteiger partial charge in [-0.1, -0.05) is 12.1 Å². The summed E-state index contributed by atoms with van der Waals surface area (Å²) < 4.78 is 13.5. The summed E-state index contributed by atoms with van der Waals surface area (Å²) in [7, 11) is 0. The second-order valence-electron chi connectivity index (χ2n) is 7.06. The van der Waals surface area contributed by atoms with Crippen LogP contribution in [-0.4, -0.2) is 51.2 Å². The number of likely N-dealkylation sites (tertiary alicyclic amines) is 1. The van der Waals surface area contributed by atoms with Gasteiger partial charge >= 0.3 is 5.97 Å². The van der Waals surface area contributed by atoms with Crippen LogP contribution in [0.5, 0.6) is 0 Å². The van der Waals surface area contributed by atoms with E-state index in [0.717, 1.165) is 5.69 Å². The van der Waals surface area contributed by atoms with Crippen LogP contribution in [0.25, 0.3) is 0 Å². The van der Waals surface area contributed by atoms with Crippen LogP contribution in [0.1, 0.15) is 24.1 Å². The van der Waals surface area contributed by atoms with Crippen molar-refractivity contribution in [1.29, 1.82) is 0 Å². The molecular formula is C19H22FN3O4S. The van der Waals surface area contributed by atoms with E-state index in [9.17, 15) is 24.2 Å². The number of aliphatic hydroxyl groups excluding tert-OH is 1. The maximum Gasteiger partial charge on any atom is 0.314 e. The Labute approximate surface area is 165 Å². The van der Waals surface area contributed by atoms with Gasteiger partial charge in [0.05, 0.1) is 11.8 Å². The number of piperidine rings is 1. The van der Waals surface area contributed by atoms with Gasteiger partial charge in [-0.05, 0) is 37.0 Å². The highest BCUT2D eigenvalue weighted by Crippen LogP contribution is 2.35. The highest BCUT2D eigenvalue weighted by molar-refractivity contribution is 7.13. The number of anilines is 1. The molecule has 3 rings (SSSR count). The first-order valence-electron chi connectivity index (χ1n) is 8.94. The van der Waals surface area contributed by atoms with Crippen molar-refractivity contribution in [2.45, 2.75) is 31.8 Å². The average Bonchev–Trinajstić information content (AvgIpc) is 3.06. The summed E-state index contributed by atoms with van der Waals surface area (Å²) in [5, 5.41) is 22.6. The van der Waals surface area contributed by atoms with E-state index >= 15 is 0 Å². The molecule has 4 N–H and O–H groups in total. The average molecular weight is 407 g/mol. The second kappa shape index (κ2) is 8.24. The van der Waals surface area contributed by atoms with Gasteiger partial charge in [0, 0.05) is 24.9 Å². The smallest absolute Gasteiger partial charge is 0.314 e. The Hall–Kier alpha value is -2.52. The van der Waals surface area contributed by atoms with Crippen LogP contribution in [0.3, 0.4) is 0 Å². The monoisotopic (exact) mass is 407 g/mol. The van der Waals surface area contributed by atoms with Gasteiger partial charge < -0.3 is 20.8 Å². The number of rotatable bonds is 6. The minimum absolute atomic E-state index is 0.0618. The first-order valence-corrected chi connectivity index (χ1v) is 9.82. The Bertz CT molecular complexity index is 874. The molecule has 28 heavy (non-hydrogen) atoms. The first-order chi connectivity index (χ1) is 13.3. The fourth-order valence-electron chi connectivity index (χ4n) is 3.59. The molecule has 0 unspecified atom stereocenters.